The molecule has 0 spiro atoms. The van der Waals surface area contributed by atoms with E-state index in [2.05, 4.69) is 21.2 Å². The Balaban J connectivity index is 3.02. The van der Waals surface area contributed by atoms with Crippen LogP contribution in [0.1, 0.15) is 5.56 Å². The molecule has 0 aliphatic rings. The molecule has 0 heterocycles. The van der Waals surface area contributed by atoms with E-state index >= 15 is 0 Å². The van der Waals surface area contributed by atoms with Crippen LogP contribution >= 0.6 is 27.5 Å². The molecule has 0 amide bonds. The molecule has 0 bridgehead atoms. The first kappa shape index (κ1) is 12.6. The van der Waals surface area contributed by atoms with Crippen LogP contribution in [0.2, 0.25) is 5.02 Å². The lowest BCUT2D eigenvalue weighted by Crippen LogP contribution is -1.93. The molecule has 0 unspecified atom stereocenters. The van der Waals surface area contributed by atoms with Crippen molar-refractivity contribution >= 4 is 33.2 Å². The van der Waals surface area contributed by atoms with Gasteiger partial charge in [0.1, 0.15) is 17.7 Å². The second-order valence-corrected chi connectivity index (χ2v) is 4.19. The van der Waals surface area contributed by atoms with Gasteiger partial charge in [-0.2, -0.15) is 10.5 Å². The molecule has 1 aromatic rings. The minimum Gasteiger partial charge on any atom is -0.360 e. The molecule has 0 aliphatic heterocycles. The Kier molecular flexibility index (Phi) is 4.37. The predicted octanol–water partition coefficient (Wildman–Crippen LogP) is 3.75. The highest BCUT2D eigenvalue weighted by atomic mass is 79.9. The molecule has 16 heavy (non-hydrogen) atoms. The van der Waals surface area contributed by atoms with E-state index in [-0.39, 0.29) is 5.57 Å². The summed E-state index contributed by atoms with van der Waals surface area (Å²) in [6, 6.07) is 7.13. The van der Waals surface area contributed by atoms with Gasteiger partial charge < -0.3 is 5.32 Å². The highest BCUT2D eigenvalue weighted by Crippen LogP contribution is 2.30. The zero-order chi connectivity index (χ0) is 12.1. The van der Waals surface area contributed by atoms with Gasteiger partial charge in [0.2, 0.25) is 0 Å². The Morgan fingerprint density at radius 1 is 1.44 bits per heavy atom. The monoisotopic (exact) mass is 295 g/mol. The first-order valence-electron chi connectivity index (χ1n) is 4.31. The van der Waals surface area contributed by atoms with E-state index in [1.54, 1.807) is 18.2 Å². The van der Waals surface area contributed by atoms with Gasteiger partial charge in [-0.15, -0.1) is 0 Å². The number of hydrogen-bond acceptors (Lipinski definition) is 3. The number of nitrogens with one attached hydrogen (secondary N) is 1. The molecular weight excluding hydrogens is 289 g/mol. The number of rotatable bonds is 2. The fourth-order valence-electron chi connectivity index (χ4n) is 1.05. The van der Waals surface area contributed by atoms with Gasteiger partial charge in [-0.25, -0.2) is 0 Å². The molecule has 1 N–H and O–H groups in total. The largest absolute Gasteiger partial charge is 0.360 e. The molecule has 0 aliphatic carbocycles. The molecule has 0 fully saturated rings. The van der Waals surface area contributed by atoms with Crippen LogP contribution in [0.15, 0.2) is 28.4 Å². The summed E-state index contributed by atoms with van der Waals surface area (Å²) in [6.45, 7) is 1.85. The van der Waals surface area contributed by atoms with Gasteiger partial charge in [0.15, 0.2) is 0 Å². The highest BCUT2D eigenvalue weighted by Gasteiger charge is 2.05. The lowest BCUT2D eigenvalue weighted by molar-refractivity contribution is 1.40. The van der Waals surface area contributed by atoms with Crippen LogP contribution < -0.4 is 5.32 Å². The van der Waals surface area contributed by atoms with Crippen molar-refractivity contribution < 1.29 is 0 Å². The van der Waals surface area contributed by atoms with E-state index in [0.717, 1.165) is 15.7 Å². The third kappa shape index (κ3) is 2.76. The van der Waals surface area contributed by atoms with Gasteiger partial charge in [-0.1, -0.05) is 11.6 Å². The first-order chi connectivity index (χ1) is 7.60. The van der Waals surface area contributed by atoms with Gasteiger partial charge in [0, 0.05) is 16.4 Å². The summed E-state index contributed by atoms with van der Waals surface area (Å²) in [4.78, 5) is 0. The van der Waals surface area contributed by atoms with Crippen LogP contribution in [0, 0.1) is 29.6 Å². The number of halogens is 2. The second kappa shape index (κ2) is 5.55. The third-order valence-corrected chi connectivity index (χ3v) is 3.33. The summed E-state index contributed by atoms with van der Waals surface area (Å²) < 4.78 is 0.807. The summed E-state index contributed by atoms with van der Waals surface area (Å²) in [6.07, 6.45) is 1.35. The van der Waals surface area contributed by atoms with Crippen molar-refractivity contribution in [2.24, 2.45) is 0 Å². The maximum atomic E-state index is 8.56. The number of hydrogen-bond donors (Lipinski definition) is 1. The Morgan fingerprint density at radius 3 is 2.62 bits per heavy atom. The van der Waals surface area contributed by atoms with Crippen LogP contribution in [0.4, 0.5) is 5.69 Å². The van der Waals surface area contributed by atoms with Gasteiger partial charge >= 0.3 is 0 Å². The van der Waals surface area contributed by atoms with Crippen molar-refractivity contribution in [2.75, 3.05) is 5.32 Å². The fourth-order valence-corrected chi connectivity index (χ4v) is 1.64. The van der Waals surface area contributed by atoms with Gasteiger partial charge in [-0.05, 0) is 40.5 Å². The topological polar surface area (TPSA) is 59.6 Å². The second-order valence-electron chi connectivity index (χ2n) is 2.96. The standard InChI is InChI=1S/C11H7BrClN3/c1-7-10(3-2-9(12)11(7)13)16-6-8(4-14)5-15/h2-3,6,16H,1H3. The minimum atomic E-state index is 0.0124. The third-order valence-electron chi connectivity index (χ3n) is 1.95. The van der Waals surface area contributed by atoms with Gasteiger partial charge in [0.05, 0.1) is 5.02 Å². The summed E-state index contributed by atoms with van der Waals surface area (Å²) >= 11 is 9.34. The van der Waals surface area contributed by atoms with Crippen LogP contribution in [-0.4, -0.2) is 0 Å². The van der Waals surface area contributed by atoms with Crippen LogP contribution in [0.3, 0.4) is 0 Å². The van der Waals surface area contributed by atoms with Crippen molar-refractivity contribution in [3.63, 3.8) is 0 Å². The quantitative estimate of drug-likeness (QED) is 0.845. The molecule has 0 saturated carbocycles. The van der Waals surface area contributed by atoms with Crippen molar-refractivity contribution in [2.45, 2.75) is 6.92 Å². The van der Waals surface area contributed by atoms with E-state index in [9.17, 15) is 0 Å². The molecule has 0 aromatic heterocycles. The maximum Gasteiger partial charge on any atom is 0.145 e. The van der Waals surface area contributed by atoms with Crippen LogP contribution in [-0.2, 0) is 0 Å². The van der Waals surface area contributed by atoms with Crippen molar-refractivity contribution in [1.82, 2.24) is 0 Å². The summed E-state index contributed by atoms with van der Waals surface area (Å²) in [5.74, 6) is 0. The maximum absolute atomic E-state index is 8.56. The zero-order valence-corrected chi connectivity index (χ0v) is 10.7. The molecule has 1 rings (SSSR count). The number of allylic oxidation sites excluding steroid dienone is 1. The predicted molar refractivity (Wildman–Crippen MR) is 66.8 cm³/mol. The van der Waals surface area contributed by atoms with Crippen molar-refractivity contribution in [1.29, 1.82) is 10.5 Å². The smallest absolute Gasteiger partial charge is 0.145 e. The van der Waals surface area contributed by atoms with Crippen LogP contribution in [0.25, 0.3) is 0 Å². The van der Waals surface area contributed by atoms with E-state index in [1.807, 2.05) is 13.0 Å². The molecule has 1 aromatic carbocycles. The Hall–Kier alpha value is -1.49. The minimum absolute atomic E-state index is 0.0124. The molecule has 80 valence electrons. The van der Waals surface area contributed by atoms with E-state index in [0.29, 0.717) is 5.02 Å². The number of nitriles is 2. The van der Waals surface area contributed by atoms with Gasteiger partial charge in [0.25, 0.3) is 0 Å². The summed E-state index contributed by atoms with van der Waals surface area (Å²) in [5.41, 5.74) is 1.62. The Morgan fingerprint density at radius 2 is 2.06 bits per heavy atom. The van der Waals surface area contributed by atoms with E-state index in [1.165, 1.54) is 6.20 Å². The normalized spacial score (nSPS) is 8.81. The van der Waals surface area contributed by atoms with Gasteiger partial charge in [-0.3, -0.25) is 0 Å². The fraction of sp³-hybridized carbons (Fsp3) is 0.0909. The van der Waals surface area contributed by atoms with E-state index < -0.39 is 0 Å². The number of anilines is 1. The number of benzene rings is 1. The molecule has 5 heteroatoms. The lowest BCUT2D eigenvalue weighted by Gasteiger charge is -2.08. The summed E-state index contributed by atoms with van der Waals surface area (Å²) in [5, 5.41) is 20.6. The van der Waals surface area contributed by atoms with Crippen LogP contribution in [0.5, 0.6) is 0 Å². The number of nitrogens with zero attached hydrogens (tertiary/aromatic N) is 2. The lowest BCUT2D eigenvalue weighted by atomic mass is 10.2. The summed E-state index contributed by atoms with van der Waals surface area (Å²) in [7, 11) is 0. The van der Waals surface area contributed by atoms with E-state index in [4.69, 9.17) is 22.1 Å². The highest BCUT2D eigenvalue weighted by molar-refractivity contribution is 9.10. The Bertz CT molecular complexity index is 507. The molecular formula is C11H7BrClN3. The van der Waals surface area contributed by atoms with Crippen molar-refractivity contribution in [3.8, 4) is 12.1 Å². The average Bonchev–Trinajstić information content (AvgIpc) is 2.30. The average molecular weight is 297 g/mol. The molecule has 0 saturated heterocycles. The molecule has 0 atom stereocenters. The first-order valence-corrected chi connectivity index (χ1v) is 5.48. The zero-order valence-electron chi connectivity index (χ0n) is 8.38. The van der Waals surface area contributed by atoms with Crippen molar-refractivity contribution in [3.05, 3.63) is 39.0 Å². The molecule has 3 nitrogen and oxygen atoms in total. The Labute approximate surface area is 107 Å². The SMILES string of the molecule is Cc1c(NC=C(C#N)C#N)ccc(Br)c1Cl. The molecule has 0 radical (unpaired) electrons.